The van der Waals surface area contributed by atoms with Crippen molar-refractivity contribution in [3.05, 3.63) is 28.2 Å². The third-order valence-corrected chi connectivity index (χ3v) is 2.72. The number of benzene rings is 1. The first-order valence-corrected chi connectivity index (χ1v) is 6.48. The molecule has 0 fully saturated rings. The molecule has 1 rings (SSSR count). The standard InChI is InChI=1S/C12H16BrF2NO2/c1-7(2)16-5-9(17)6-18-12-10(14)3-8(13)4-11(12)15/h3-4,7,9,16-17H,5-6H2,1-2H3/p+1/t9-/m0/s1. The van der Waals surface area contributed by atoms with E-state index < -0.39 is 23.5 Å². The van der Waals surface area contributed by atoms with E-state index in [0.717, 1.165) is 12.1 Å². The van der Waals surface area contributed by atoms with Crippen LogP contribution in [0.1, 0.15) is 13.8 Å². The average molecular weight is 325 g/mol. The summed E-state index contributed by atoms with van der Waals surface area (Å²) in [7, 11) is 0. The van der Waals surface area contributed by atoms with Crippen molar-refractivity contribution in [2.75, 3.05) is 13.2 Å². The highest BCUT2D eigenvalue weighted by Gasteiger charge is 2.15. The van der Waals surface area contributed by atoms with E-state index in [4.69, 9.17) is 4.74 Å². The maximum Gasteiger partial charge on any atom is 0.190 e. The summed E-state index contributed by atoms with van der Waals surface area (Å²) in [6.45, 7) is 4.26. The number of halogens is 3. The highest BCUT2D eigenvalue weighted by Crippen LogP contribution is 2.25. The summed E-state index contributed by atoms with van der Waals surface area (Å²) in [5.74, 6) is -2.04. The van der Waals surface area contributed by atoms with Crippen molar-refractivity contribution < 1.29 is 23.9 Å². The molecule has 6 heteroatoms. The summed E-state index contributed by atoms with van der Waals surface area (Å²) < 4.78 is 32.1. The molecule has 0 spiro atoms. The molecule has 1 aromatic rings. The number of hydrogen-bond donors (Lipinski definition) is 2. The number of aliphatic hydroxyl groups excluding tert-OH is 1. The summed E-state index contributed by atoms with van der Waals surface area (Å²) in [5.41, 5.74) is 0. The van der Waals surface area contributed by atoms with Crippen LogP contribution in [0.15, 0.2) is 16.6 Å². The van der Waals surface area contributed by atoms with Gasteiger partial charge >= 0.3 is 0 Å². The van der Waals surface area contributed by atoms with Crippen LogP contribution < -0.4 is 10.1 Å². The summed E-state index contributed by atoms with van der Waals surface area (Å²) in [6.07, 6.45) is -0.769. The Hall–Kier alpha value is -0.720. The first-order chi connectivity index (χ1) is 8.40. The molecular formula is C12H17BrF2NO2+. The summed E-state index contributed by atoms with van der Waals surface area (Å²) in [5, 5.41) is 11.5. The highest BCUT2D eigenvalue weighted by molar-refractivity contribution is 9.10. The van der Waals surface area contributed by atoms with E-state index in [-0.39, 0.29) is 6.61 Å². The highest BCUT2D eigenvalue weighted by atomic mass is 79.9. The van der Waals surface area contributed by atoms with E-state index in [1.807, 2.05) is 19.2 Å². The molecule has 0 unspecified atom stereocenters. The van der Waals surface area contributed by atoms with Crippen molar-refractivity contribution in [3.63, 3.8) is 0 Å². The number of aliphatic hydroxyl groups is 1. The Morgan fingerprint density at radius 2 is 1.89 bits per heavy atom. The van der Waals surface area contributed by atoms with Crippen molar-refractivity contribution in [2.45, 2.75) is 26.0 Å². The van der Waals surface area contributed by atoms with E-state index in [2.05, 4.69) is 15.9 Å². The Labute approximate surface area is 113 Å². The molecule has 102 valence electrons. The zero-order valence-corrected chi connectivity index (χ0v) is 11.9. The van der Waals surface area contributed by atoms with Gasteiger partial charge in [0.25, 0.3) is 0 Å². The van der Waals surface area contributed by atoms with Gasteiger partial charge in [-0.15, -0.1) is 0 Å². The minimum absolute atomic E-state index is 0.140. The molecule has 0 aliphatic rings. The first-order valence-electron chi connectivity index (χ1n) is 5.69. The van der Waals surface area contributed by atoms with Gasteiger partial charge in [0.15, 0.2) is 17.4 Å². The molecule has 0 saturated heterocycles. The van der Waals surface area contributed by atoms with Gasteiger partial charge in [0.1, 0.15) is 19.3 Å². The average Bonchev–Trinajstić information content (AvgIpc) is 2.24. The van der Waals surface area contributed by atoms with Crippen LogP contribution in [0.3, 0.4) is 0 Å². The number of hydrogen-bond acceptors (Lipinski definition) is 2. The van der Waals surface area contributed by atoms with Crippen LogP contribution in [0.4, 0.5) is 8.78 Å². The monoisotopic (exact) mass is 324 g/mol. The fourth-order valence-corrected chi connectivity index (χ4v) is 1.75. The molecule has 0 saturated carbocycles. The second-order valence-electron chi connectivity index (χ2n) is 4.38. The normalized spacial score (nSPS) is 12.8. The van der Waals surface area contributed by atoms with Crippen molar-refractivity contribution in [2.24, 2.45) is 0 Å². The van der Waals surface area contributed by atoms with Crippen LogP contribution in [-0.4, -0.2) is 30.4 Å². The fourth-order valence-electron chi connectivity index (χ4n) is 1.34. The van der Waals surface area contributed by atoms with Crippen molar-refractivity contribution in [1.29, 1.82) is 0 Å². The van der Waals surface area contributed by atoms with Crippen molar-refractivity contribution in [1.82, 2.24) is 0 Å². The SMILES string of the molecule is CC(C)[NH2+]C[C@H](O)COc1c(F)cc(Br)cc1F. The summed E-state index contributed by atoms with van der Waals surface area (Å²) >= 11 is 2.98. The lowest BCUT2D eigenvalue weighted by atomic mass is 10.3. The van der Waals surface area contributed by atoms with Gasteiger partial charge in [-0.3, -0.25) is 0 Å². The van der Waals surface area contributed by atoms with Crippen LogP contribution in [0.5, 0.6) is 5.75 Å². The van der Waals surface area contributed by atoms with Gasteiger partial charge in [-0.2, -0.15) is 0 Å². The maximum absolute atomic E-state index is 13.4. The molecule has 0 aliphatic heterocycles. The topological polar surface area (TPSA) is 46.1 Å². The lowest BCUT2D eigenvalue weighted by Crippen LogP contribution is -2.90. The van der Waals surface area contributed by atoms with Gasteiger partial charge in [-0.05, 0) is 26.0 Å². The van der Waals surface area contributed by atoms with Crippen LogP contribution in [-0.2, 0) is 0 Å². The van der Waals surface area contributed by atoms with E-state index >= 15 is 0 Å². The predicted octanol–water partition coefficient (Wildman–Crippen LogP) is 1.44. The lowest BCUT2D eigenvalue weighted by Gasteiger charge is -2.13. The molecule has 0 aliphatic carbocycles. The smallest absolute Gasteiger partial charge is 0.190 e. The zero-order valence-electron chi connectivity index (χ0n) is 10.3. The quantitative estimate of drug-likeness (QED) is 0.831. The lowest BCUT2D eigenvalue weighted by molar-refractivity contribution is -0.688. The second-order valence-corrected chi connectivity index (χ2v) is 5.29. The zero-order chi connectivity index (χ0) is 13.7. The molecule has 0 radical (unpaired) electrons. The molecule has 18 heavy (non-hydrogen) atoms. The van der Waals surface area contributed by atoms with Crippen LogP contribution >= 0.6 is 15.9 Å². The van der Waals surface area contributed by atoms with E-state index in [9.17, 15) is 13.9 Å². The van der Waals surface area contributed by atoms with Gasteiger partial charge < -0.3 is 15.2 Å². The number of ether oxygens (including phenoxy) is 1. The third-order valence-electron chi connectivity index (χ3n) is 2.26. The molecule has 0 amide bonds. The van der Waals surface area contributed by atoms with Gasteiger partial charge in [0.05, 0.1) is 6.04 Å². The number of quaternary nitrogens is 1. The fraction of sp³-hybridized carbons (Fsp3) is 0.500. The summed E-state index contributed by atoms with van der Waals surface area (Å²) in [4.78, 5) is 0. The van der Waals surface area contributed by atoms with E-state index in [0.29, 0.717) is 17.1 Å². The minimum Gasteiger partial charge on any atom is -0.485 e. The molecule has 1 atom stereocenters. The van der Waals surface area contributed by atoms with Crippen LogP contribution in [0.25, 0.3) is 0 Å². The summed E-state index contributed by atoms with van der Waals surface area (Å²) in [6, 6.07) is 2.58. The van der Waals surface area contributed by atoms with Gasteiger partial charge in [0.2, 0.25) is 0 Å². The Kier molecular flexibility index (Phi) is 5.98. The Morgan fingerprint density at radius 3 is 2.39 bits per heavy atom. The molecule has 0 bridgehead atoms. The van der Waals surface area contributed by atoms with Gasteiger partial charge in [-0.1, -0.05) is 15.9 Å². The Morgan fingerprint density at radius 1 is 1.33 bits per heavy atom. The maximum atomic E-state index is 13.4. The van der Waals surface area contributed by atoms with Gasteiger partial charge in [0, 0.05) is 4.47 Å². The second kappa shape index (κ2) is 7.01. The Balaban J connectivity index is 2.53. The molecule has 0 aromatic heterocycles. The predicted molar refractivity (Wildman–Crippen MR) is 67.5 cm³/mol. The van der Waals surface area contributed by atoms with Crippen LogP contribution in [0, 0.1) is 11.6 Å². The molecule has 1 aromatic carbocycles. The molecule has 3 N–H and O–H groups in total. The minimum atomic E-state index is -0.790. The van der Waals surface area contributed by atoms with E-state index in [1.54, 1.807) is 0 Å². The molecular weight excluding hydrogens is 308 g/mol. The third kappa shape index (κ3) is 4.88. The molecule has 3 nitrogen and oxygen atoms in total. The molecule has 0 heterocycles. The first kappa shape index (κ1) is 15.3. The van der Waals surface area contributed by atoms with Crippen LogP contribution in [0.2, 0.25) is 0 Å². The Bertz CT molecular complexity index is 379. The van der Waals surface area contributed by atoms with Gasteiger partial charge in [-0.25, -0.2) is 8.78 Å². The van der Waals surface area contributed by atoms with E-state index in [1.165, 1.54) is 0 Å². The largest absolute Gasteiger partial charge is 0.485 e. The number of rotatable bonds is 6. The number of nitrogens with two attached hydrogens (primary N) is 1. The van der Waals surface area contributed by atoms with Crippen molar-refractivity contribution in [3.8, 4) is 5.75 Å². The van der Waals surface area contributed by atoms with Crippen molar-refractivity contribution >= 4 is 15.9 Å².